The number of amides is 1. The second kappa shape index (κ2) is 5.11. The van der Waals surface area contributed by atoms with Gasteiger partial charge in [0.05, 0.1) is 12.1 Å². The van der Waals surface area contributed by atoms with Crippen LogP contribution in [0.3, 0.4) is 0 Å². The van der Waals surface area contributed by atoms with Crippen LogP contribution < -0.4 is 5.32 Å². The molecule has 1 aromatic heterocycles. The fourth-order valence-electron chi connectivity index (χ4n) is 0.948. The molecule has 0 spiro atoms. The number of hydrogen-bond donors (Lipinski definition) is 1. The van der Waals surface area contributed by atoms with Crippen molar-refractivity contribution in [2.45, 2.75) is 13.8 Å². The highest BCUT2D eigenvalue weighted by Crippen LogP contribution is 2.04. The number of carbonyl (C=O) groups is 1. The smallest absolute Gasteiger partial charge is 0.228 e. The van der Waals surface area contributed by atoms with Crippen LogP contribution in [0.1, 0.15) is 18.1 Å². The monoisotopic (exact) mass is 206 g/mol. The third-order valence-corrected chi connectivity index (χ3v) is 1.62. The van der Waals surface area contributed by atoms with Crippen LogP contribution in [0.2, 0.25) is 0 Å². The first-order chi connectivity index (χ1) is 7.09. The van der Waals surface area contributed by atoms with E-state index in [9.17, 15) is 9.18 Å². The van der Waals surface area contributed by atoms with Crippen molar-refractivity contribution in [1.82, 2.24) is 10.3 Å². The molecule has 0 bridgehead atoms. The number of carbonyl (C=O) groups excluding carboxylic acids is 1. The van der Waals surface area contributed by atoms with Crippen molar-refractivity contribution in [3.05, 3.63) is 29.3 Å². The number of nitrogens with one attached hydrogen (secondary N) is 1. The minimum absolute atomic E-state index is 0.160. The van der Waals surface area contributed by atoms with Crippen LogP contribution in [0.5, 0.6) is 0 Å². The second-order valence-electron chi connectivity index (χ2n) is 3.06. The lowest BCUT2D eigenvalue weighted by atomic mass is 10.2. The molecule has 0 radical (unpaired) electrons. The van der Waals surface area contributed by atoms with Crippen molar-refractivity contribution in [1.29, 1.82) is 0 Å². The highest BCUT2D eigenvalue weighted by molar-refractivity contribution is 5.73. The summed E-state index contributed by atoms with van der Waals surface area (Å²) in [7, 11) is 0. The summed E-state index contributed by atoms with van der Waals surface area (Å²) in [6, 6.07) is 1.61. The molecular weight excluding hydrogens is 195 g/mol. The van der Waals surface area contributed by atoms with Gasteiger partial charge in [-0.25, -0.2) is 4.98 Å². The maximum Gasteiger partial charge on any atom is 0.228 e. The molecule has 3 nitrogen and oxygen atoms in total. The predicted molar refractivity (Wildman–Crippen MR) is 54.5 cm³/mol. The zero-order chi connectivity index (χ0) is 11.3. The average Bonchev–Trinajstić information content (AvgIpc) is 2.17. The SMILES string of the molecule is CC(=O)NCC#Cc1cc(C)cnc1F. The molecule has 0 aliphatic heterocycles. The van der Waals surface area contributed by atoms with Gasteiger partial charge in [0.2, 0.25) is 11.9 Å². The highest BCUT2D eigenvalue weighted by atomic mass is 19.1. The molecule has 0 aromatic carbocycles. The van der Waals surface area contributed by atoms with Crippen LogP contribution in [0, 0.1) is 24.7 Å². The van der Waals surface area contributed by atoms with E-state index >= 15 is 0 Å². The molecule has 4 heteroatoms. The van der Waals surface area contributed by atoms with E-state index in [-0.39, 0.29) is 18.0 Å². The van der Waals surface area contributed by atoms with Gasteiger partial charge in [0, 0.05) is 13.1 Å². The fourth-order valence-corrected chi connectivity index (χ4v) is 0.948. The van der Waals surface area contributed by atoms with E-state index in [4.69, 9.17) is 0 Å². The number of rotatable bonds is 1. The molecule has 1 rings (SSSR count). The van der Waals surface area contributed by atoms with Gasteiger partial charge in [0.25, 0.3) is 0 Å². The predicted octanol–water partition coefficient (Wildman–Crippen LogP) is 1.02. The topological polar surface area (TPSA) is 42.0 Å². The molecule has 0 saturated carbocycles. The van der Waals surface area contributed by atoms with Gasteiger partial charge in [0.15, 0.2) is 0 Å². The Morgan fingerprint density at radius 2 is 2.40 bits per heavy atom. The molecule has 0 aliphatic carbocycles. The third-order valence-electron chi connectivity index (χ3n) is 1.62. The van der Waals surface area contributed by atoms with Gasteiger partial charge < -0.3 is 5.32 Å². The van der Waals surface area contributed by atoms with Gasteiger partial charge in [-0.05, 0) is 18.6 Å². The Morgan fingerprint density at radius 1 is 1.67 bits per heavy atom. The molecule has 0 fully saturated rings. The first-order valence-electron chi connectivity index (χ1n) is 4.45. The van der Waals surface area contributed by atoms with E-state index in [1.165, 1.54) is 13.1 Å². The molecule has 78 valence electrons. The van der Waals surface area contributed by atoms with Crippen molar-refractivity contribution < 1.29 is 9.18 Å². The maximum atomic E-state index is 13.1. The summed E-state index contributed by atoms with van der Waals surface area (Å²) in [6.45, 7) is 3.42. The summed E-state index contributed by atoms with van der Waals surface area (Å²) in [5.74, 6) is 4.50. The van der Waals surface area contributed by atoms with E-state index in [1.807, 2.05) is 6.92 Å². The van der Waals surface area contributed by atoms with Crippen LogP contribution in [0.4, 0.5) is 4.39 Å². The van der Waals surface area contributed by atoms with Crippen LogP contribution in [0.15, 0.2) is 12.3 Å². The van der Waals surface area contributed by atoms with Gasteiger partial charge in [-0.1, -0.05) is 11.8 Å². The van der Waals surface area contributed by atoms with E-state index in [0.717, 1.165) is 5.56 Å². The number of pyridine rings is 1. The fraction of sp³-hybridized carbons (Fsp3) is 0.273. The number of aromatic nitrogens is 1. The van der Waals surface area contributed by atoms with Gasteiger partial charge in [-0.2, -0.15) is 4.39 Å². The van der Waals surface area contributed by atoms with Crippen molar-refractivity contribution in [2.75, 3.05) is 6.54 Å². The Hall–Kier alpha value is -1.89. The first kappa shape index (κ1) is 11.2. The Bertz CT molecular complexity index is 432. The minimum Gasteiger partial charge on any atom is -0.345 e. The Morgan fingerprint density at radius 3 is 3.07 bits per heavy atom. The van der Waals surface area contributed by atoms with Gasteiger partial charge in [-0.3, -0.25) is 4.79 Å². The van der Waals surface area contributed by atoms with Crippen molar-refractivity contribution in [3.8, 4) is 11.8 Å². The molecular formula is C11H11FN2O. The average molecular weight is 206 g/mol. The highest BCUT2D eigenvalue weighted by Gasteiger charge is 1.99. The number of aryl methyl sites for hydroxylation is 1. The molecule has 15 heavy (non-hydrogen) atoms. The normalized spacial score (nSPS) is 9.00. The van der Waals surface area contributed by atoms with Gasteiger partial charge in [-0.15, -0.1) is 0 Å². The van der Waals surface area contributed by atoms with E-state index in [2.05, 4.69) is 22.1 Å². The summed E-state index contributed by atoms with van der Waals surface area (Å²) in [5, 5.41) is 2.49. The molecule has 1 aromatic rings. The lowest BCUT2D eigenvalue weighted by Gasteiger charge is -1.95. The molecule has 1 amide bonds. The molecule has 0 aliphatic rings. The maximum absolute atomic E-state index is 13.1. The summed E-state index contributed by atoms with van der Waals surface area (Å²) in [6.07, 6.45) is 1.44. The first-order valence-corrected chi connectivity index (χ1v) is 4.45. The summed E-state index contributed by atoms with van der Waals surface area (Å²) >= 11 is 0. The Balaban J connectivity index is 2.71. The quantitative estimate of drug-likeness (QED) is 0.550. The molecule has 1 heterocycles. The minimum atomic E-state index is -0.587. The molecule has 0 atom stereocenters. The van der Waals surface area contributed by atoms with E-state index < -0.39 is 5.95 Å². The van der Waals surface area contributed by atoms with Crippen LogP contribution in [-0.2, 0) is 4.79 Å². The summed E-state index contributed by atoms with van der Waals surface area (Å²) in [4.78, 5) is 14.0. The number of halogens is 1. The van der Waals surface area contributed by atoms with Crippen LogP contribution in [-0.4, -0.2) is 17.4 Å². The Labute approximate surface area is 87.7 Å². The van der Waals surface area contributed by atoms with Crippen molar-refractivity contribution >= 4 is 5.91 Å². The lowest BCUT2D eigenvalue weighted by Crippen LogP contribution is -2.19. The molecule has 1 N–H and O–H groups in total. The second-order valence-corrected chi connectivity index (χ2v) is 3.06. The molecule has 0 saturated heterocycles. The van der Waals surface area contributed by atoms with E-state index in [1.54, 1.807) is 6.07 Å². The zero-order valence-electron chi connectivity index (χ0n) is 8.60. The van der Waals surface area contributed by atoms with E-state index in [0.29, 0.717) is 0 Å². The largest absolute Gasteiger partial charge is 0.345 e. The lowest BCUT2D eigenvalue weighted by molar-refractivity contribution is -0.118. The summed E-state index contributed by atoms with van der Waals surface area (Å²) in [5.41, 5.74) is 1.10. The Kier molecular flexibility index (Phi) is 3.81. The number of nitrogens with zero attached hydrogens (tertiary/aromatic N) is 1. The van der Waals surface area contributed by atoms with Crippen molar-refractivity contribution in [3.63, 3.8) is 0 Å². The van der Waals surface area contributed by atoms with Crippen LogP contribution in [0.25, 0.3) is 0 Å². The van der Waals surface area contributed by atoms with Crippen molar-refractivity contribution in [2.24, 2.45) is 0 Å². The zero-order valence-corrected chi connectivity index (χ0v) is 8.60. The summed E-state index contributed by atoms with van der Waals surface area (Å²) < 4.78 is 13.1. The molecule has 0 unspecified atom stereocenters. The number of hydrogen-bond acceptors (Lipinski definition) is 2. The standard InChI is InChI=1S/C11H11FN2O/c1-8-6-10(11(12)14-7-8)4-3-5-13-9(2)15/h6-7H,5H2,1-2H3,(H,13,15). The van der Waals surface area contributed by atoms with Crippen LogP contribution >= 0.6 is 0 Å². The van der Waals surface area contributed by atoms with Gasteiger partial charge >= 0.3 is 0 Å². The third kappa shape index (κ3) is 3.77. The van der Waals surface area contributed by atoms with Gasteiger partial charge in [0.1, 0.15) is 0 Å².